The van der Waals surface area contributed by atoms with Crippen molar-refractivity contribution in [3.63, 3.8) is 0 Å². The largest absolute Gasteiger partial charge is 0.439 e. The molecule has 0 atom stereocenters. The standard InChI is InChI=1S/C25H32N4O2/c1-6-15-29(25(30)26-18(2)3)17-22-23(20-12-8-7-9-13-20)27-28(5)24(22)31-21-14-10-11-19(4)16-21/h7-14,16,18H,6,15,17H2,1-5H3,(H,26,30). The fourth-order valence-electron chi connectivity index (χ4n) is 3.49. The van der Waals surface area contributed by atoms with Crippen LogP contribution in [0.3, 0.4) is 0 Å². The predicted octanol–water partition coefficient (Wildman–Crippen LogP) is 5.52. The Kier molecular flexibility index (Phi) is 7.34. The van der Waals surface area contributed by atoms with Crippen molar-refractivity contribution in [1.82, 2.24) is 20.0 Å². The van der Waals surface area contributed by atoms with Crippen molar-refractivity contribution < 1.29 is 9.53 Å². The van der Waals surface area contributed by atoms with Gasteiger partial charge >= 0.3 is 6.03 Å². The highest BCUT2D eigenvalue weighted by atomic mass is 16.5. The SMILES string of the molecule is CCCN(Cc1c(-c2ccccc2)nn(C)c1Oc1cccc(C)c1)C(=O)NC(C)C. The molecule has 164 valence electrons. The van der Waals surface area contributed by atoms with Crippen LogP contribution in [0.1, 0.15) is 38.3 Å². The Labute approximate surface area is 184 Å². The number of aromatic nitrogens is 2. The van der Waals surface area contributed by atoms with Gasteiger partial charge in [0.25, 0.3) is 0 Å². The molecule has 2 amide bonds. The molecular weight excluding hydrogens is 388 g/mol. The average Bonchev–Trinajstić information content (AvgIpc) is 3.03. The summed E-state index contributed by atoms with van der Waals surface area (Å²) in [4.78, 5) is 14.7. The number of urea groups is 1. The van der Waals surface area contributed by atoms with Gasteiger partial charge in [0.05, 0.1) is 12.1 Å². The molecule has 6 nitrogen and oxygen atoms in total. The van der Waals surface area contributed by atoms with Gasteiger partial charge in [-0.1, -0.05) is 49.4 Å². The fraction of sp³-hybridized carbons (Fsp3) is 0.360. The van der Waals surface area contributed by atoms with Crippen LogP contribution in [0, 0.1) is 6.92 Å². The third-order valence-electron chi connectivity index (χ3n) is 4.88. The van der Waals surface area contributed by atoms with Crippen LogP contribution in [-0.2, 0) is 13.6 Å². The molecule has 31 heavy (non-hydrogen) atoms. The van der Waals surface area contributed by atoms with Crippen molar-refractivity contribution in [3.05, 3.63) is 65.7 Å². The van der Waals surface area contributed by atoms with E-state index in [1.165, 1.54) is 0 Å². The number of aryl methyl sites for hydroxylation is 2. The molecule has 0 aliphatic heterocycles. The van der Waals surface area contributed by atoms with Crippen molar-refractivity contribution in [3.8, 4) is 22.9 Å². The first-order valence-electron chi connectivity index (χ1n) is 10.8. The smallest absolute Gasteiger partial charge is 0.317 e. The summed E-state index contributed by atoms with van der Waals surface area (Å²) in [6, 6.07) is 17.9. The first-order chi connectivity index (χ1) is 14.9. The summed E-state index contributed by atoms with van der Waals surface area (Å²) in [7, 11) is 1.87. The highest BCUT2D eigenvalue weighted by molar-refractivity contribution is 5.75. The van der Waals surface area contributed by atoms with E-state index in [9.17, 15) is 4.79 Å². The number of hydrogen-bond acceptors (Lipinski definition) is 3. The highest BCUT2D eigenvalue weighted by Crippen LogP contribution is 2.34. The van der Waals surface area contributed by atoms with Crippen molar-refractivity contribution in [2.75, 3.05) is 6.54 Å². The van der Waals surface area contributed by atoms with E-state index >= 15 is 0 Å². The zero-order chi connectivity index (χ0) is 22.4. The molecule has 0 fully saturated rings. The second-order valence-electron chi connectivity index (χ2n) is 8.07. The number of nitrogens with one attached hydrogen (secondary N) is 1. The van der Waals surface area contributed by atoms with Gasteiger partial charge in [0.2, 0.25) is 5.88 Å². The summed E-state index contributed by atoms with van der Waals surface area (Å²) in [5, 5.41) is 7.78. The predicted molar refractivity (Wildman–Crippen MR) is 124 cm³/mol. The molecule has 0 saturated carbocycles. The number of nitrogens with zero attached hydrogens (tertiary/aromatic N) is 3. The lowest BCUT2D eigenvalue weighted by Crippen LogP contribution is -2.43. The molecule has 0 radical (unpaired) electrons. The molecule has 1 N–H and O–H groups in total. The monoisotopic (exact) mass is 420 g/mol. The van der Waals surface area contributed by atoms with Crippen molar-refractivity contribution in [2.24, 2.45) is 7.05 Å². The summed E-state index contributed by atoms with van der Waals surface area (Å²) < 4.78 is 8.06. The lowest BCUT2D eigenvalue weighted by atomic mass is 10.1. The number of benzene rings is 2. The van der Waals surface area contributed by atoms with Crippen LogP contribution in [-0.4, -0.2) is 33.3 Å². The highest BCUT2D eigenvalue weighted by Gasteiger charge is 2.24. The Balaban J connectivity index is 2.04. The van der Waals surface area contributed by atoms with E-state index < -0.39 is 0 Å². The molecule has 0 unspecified atom stereocenters. The van der Waals surface area contributed by atoms with Crippen LogP contribution in [0.15, 0.2) is 54.6 Å². The topological polar surface area (TPSA) is 59.4 Å². The van der Waals surface area contributed by atoms with E-state index in [-0.39, 0.29) is 12.1 Å². The quantitative estimate of drug-likeness (QED) is 0.522. The van der Waals surface area contributed by atoms with Gasteiger partial charge in [-0.25, -0.2) is 9.48 Å². The second kappa shape index (κ2) is 10.2. The molecule has 0 saturated heterocycles. The summed E-state index contributed by atoms with van der Waals surface area (Å²) in [5.74, 6) is 1.39. The van der Waals surface area contributed by atoms with Crippen LogP contribution < -0.4 is 10.1 Å². The lowest BCUT2D eigenvalue weighted by Gasteiger charge is -2.24. The third kappa shape index (κ3) is 5.66. The first-order valence-corrected chi connectivity index (χ1v) is 10.8. The molecule has 2 aromatic carbocycles. The van der Waals surface area contributed by atoms with Gasteiger partial charge in [-0.05, 0) is 44.9 Å². The van der Waals surface area contributed by atoms with E-state index in [2.05, 4.69) is 12.2 Å². The zero-order valence-electron chi connectivity index (χ0n) is 19.1. The number of amides is 2. The minimum atomic E-state index is -0.0822. The molecule has 3 aromatic rings. The number of carbonyl (C=O) groups is 1. The number of carbonyl (C=O) groups excluding carboxylic acids is 1. The second-order valence-corrected chi connectivity index (χ2v) is 8.07. The van der Waals surface area contributed by atoms with Crippen LogP contribution in [0.5, 0.6) is 11.6 Å². The summed E-state index contributed by atoms with van der Waals surface area (Å²) >= 11 is 0. The molecule has 3 rings (SSSR count). The zero-order valence-corrected chi connectivity index (χ0v) is 19.1. The Morgan fingerprint density at radius 3 is 2.55 bits per heavy atom. The van der Waals surface area contributed by atoms with Crippen molar-refractivity contribution in [1.29, 1.82) is 0 Å². The molecule has 0 bridgehead atoms. The minimum absolute atomic E-state index is 0.0670. The number of hydrogen-bond donors (Lipinski definition) is 1. The number of rotatable bonds is 8. The number of ether oxygens (including phenoxy) is 1. The van der Waals surface area contributed by atoms with E-state index in [0.29, 0.717) is 19.0 Å². The molecule has 1 heterocycles. The Hall–Kier alpha value is -3.28. The van der Waals surface area contributed by atoms with Crippen LogP contribution >= 0.6 is 0 Å². The van der Waals surface area contributed by atoms with Gasteiger partial charge in [-0.3, -0.25) is 0 Å². The maximum atomic E-state index is 12.9. The van der Waals surface area contributed by atoms with Gasteiger partial charge in [-0.2, -0.15) is 5.10 Å². The molecule has 1 aromatic heterocycles. The molecule has 6 heteroatoms. The van der Waals surface area contributed by atoms with Crippen molar-refractivity contribution in [2.45, 2.75) is 46.7 Å². The average molecular weight is 421 g/mol. The Morgan fingerprint density at radius 1 is 1.16 bits per heavy atom. The van der Waals surface area contributed by atoms with Gasteiger partial charge in [0.1, 0.15) is 11.4 Å². The van der Waals surface area contributed by atoms with E-state index in [4.69, 9.17) is 9.84 Å². The Morgan fingerprint density at radius 2 is 1.90 bits per heavy atom. The molecule has 0 spiro atoms. The van der Waals surface area contributed by atoms with Gasteiger partial charge < -0.3 is 15.0 Å². The van der Waals surface area contributed by atoms with Crippen molar-refractivity contribution >= 4 is 6.03 Å². The normalized spacial score (nSPS) is 10.9. The lowest BCUT2D eigenvalue weighted by molar-refractivity contribution is 0.192. The maximum absolute atomic E-state index is 12.9. The molecule has 0 aliphatic carbocycles. The minimum Gasteiger partial charge on any atom is -0.439 e. The molecule has 0 aliphatic rings. The van der Waals surface area contributed by atoms with Crippen LogP contribution in [0.2, 0.25) is 0 Å². The van der Waals surface area contributed by atoms with E-state index in [1.54, 1.807) is 4.68 Å². The van der Waals surface area contributed by atoms with Crippen LogP contribution in [0.25, 0.3) is 11.3 Å². The van der Waals surface area contributed by atoms with Gasteiger partial charge in [-0.15, -0.1) is 0 Å². The fourth-order valence-corrected chi connectivity index (χ4v) is 3.49. The summed E-state index contributed by atoms with van der Waals surface area (Å²) in [5.41, 5.74) is 3.83. The van der Waals surface area contributed by atoms with E-state index in [1.807, 2.05) is 87.3 Å². The van der Waals surface area contributed by atoms with Gasteiger partial charge in [0.15, 0.2) is 0 Å². The van der Waals surface area contributed by atoms with Gasteiger partial charge in [0, 0.05) is 25.2 Å². The molecular formula is C25H32N4O2. The summed E-state index contributed by atoms with van der Waals surface area (Å²) in [6.45, 7) is 9.09. The summed E-state index contributed by atoms with van der Waals surface area (Å²) in [6.07, 6.45) is 0.862. The maximum Gasteiger partial charge on any atom is 0.317 e. The van der Waals surface area contributed by atoms with Crippen LogP contribution in [0.4, 0.5) is 4.79 Å². The Bertz CT molecular complexity index is 1010. The third-order valence-corrected chi connectivity index (χ3v) is 4.88. The first kappa shape index (κ1) is 22.4. The van der Waals surface area contributed by atoms with E-state index in [0.717, 1.165) is 34.6 Å².